The molecule has 0 amide bonds. The summed E-state index contributed by atoms with van der Waals surface area (Å²) in [5.74, 6) is 0.685. The van der Waals surface area contributed by atoms with Crippen LogP contribution in [0.5, 0.6) is 0 Å². The number of hydrogen-bond donors (Lipinski definition) is 1. The molecule has 0 saturated carbocycles. The highest BCUT2D eigenvalue weighted by Crippen LogP contribution is 2.15. The first-order valence-corrected chi connectivity index (χ1v) is 6.18. The Morgan fingerprint density at radius 3 is 3.06 bits per heavy atom. The Morgan fingerprint density at radius 2 is 2.39 bits per heavy atom. The molecular formula is C12H20N4O2. The highest BCUT2D eigenvalue weighted by atomic mass is 16.5. The summed E-state index contributed by atoms with van der Waals surface area (Å²) in [5.41, 5.74) is 6.56. The van der Waals surface area contributed by atoms with Gasteiger partial charge in [0.25, 0.3) is 5.56 Å². The van der Waals surface area contributed by atoms with Crippen LogP contribution in [0.2, 0.25) is 0 Å². The third-order valence-corrected chi connectivity index (χ3v) is 3.20. The quantitative estimate of drug-likeness (QED) is 0.810. The van der Waals surface area contributed by atoms with E-state index >= 15 is 0 Å². The van der Waals surface area contributed by atoms with Crippen molar-refractivity contribution in [1.29, 1.82) is 0 Å². The summed E-state index contributed by atoms with van der Waals surface area (Å²) in [6, 6.07) is 1.67. The van der Waals surface area contributed by atoms with E-state index in [-0.39, 0.29) is 11.6 Å². The van der Waals surface area contributed by atoms with Crippen LogP contribution in [0.3, 0.4) is 0 Å². The van der Waals surface area contributed by atoms with Crippen molar-refractivity contribution in [1.82, 2.24) is 9.55 Å². The molecule has 0 radical (unpaired) electrons. The van der Waals surface area contributed by atoms with Gasteiger partial charge in [0.2, 0.25) is 5.95 Å². The van der Waals surface area contributed by atoms with E-state index in [4.69, 9.17) is 10.5 Å². The molecule has 0 aliphatic carbocycles. The Bertz CT molecular complexity index is 472. The number of anilines is 1. The van der Waals surface area contributed by atoms with Gasteiger partial charge in [0.05, 0.1) is 12.3 Å². The lowest BCUT2D eigenvalue weighted by molar-refractivity contribution is 0.181. The predicted molar refractivity (Wildman–Crippen MR) is 69.6 cm³/mol. The SMILES string of the molecule is COCc1cc(=O)n(C)c(N2CCC[C@@H](N)C2)n1. The second kappa shape index (κ2) is 5.49. The third-order valence-electron chi connectivity index (χ3n) is 3.20. The maximum Gasteiger partial charge on any atom is 0.254 e. The smallest absolute Gasteiger partial charge is 0.254 e. The first-order valence-electron chi connectivity index (χ1n) is 6.18. The van der Waals surface area contributed by atoms with E-state index in [1.165, 1.54) is 6.07 Å². The number of aromatic nitrogens is 2. The third kappa shape index (κ3) is 2.70. The molecule has 2 rings (SSSR count). The minimum atomic E-state index is -0.0637. The molecule has 1 aliphatic heterocycles. The van der Waals surface area contributed by atoms with Gasteiger partial charge in [0, 0.05) is 39.4 Å². The zero-order chi connectivity index (χ0) is 13.1. The van der Waals surface area contributed by atoms with Gasteiger partial charge in [-0.3, -0.25) is 9.36 Å². The van der Waals surface area contributed by atoms with Crippen LogP contribution in [-0.2, 0) is 18.4 Å². The van der Waals surface area contributed by atoms with Crippen LogP contribution in [0.15, 0.2) is 10.9 Å². The molecule has 0 bridgehead atoms. The number of rotatable bonds is 3. The van der Waals surface area contributed by atoms with Crippen LogP contribution >= 0.6 is 0 Å². The Balaban J connectivity index is 2.33. The van der Waals surface area contributed by atoms with Gasteiger partial charge < -0.3 is 15.4 Å². The molecule has 1 fully saturated rings. The fourth-order valence-corrected chi connectivity index (χ4v) is 2.27. The number of methoxy groups -OCH3 is 1. The number of hydrogen-bond acceptors (Lipinski definition) is 5. The molecule has 6 heteroatoms. The molecule has 100 valence electrons. The highest BCUT2D eigenvalue weighted by Gasteiger charge is 2.20. The topological polar surface area (TPSA) is 73.4 Å². The minimum Gasteiger partial charge on any atom is -0.378 e. The fourth-order valence-electron chi connectivity index (χ4n) is 2.27. The van der Waals surface area contributed by atoms with E-state index in [0.29, 0.717) is 18.2 Å². The molecule has 1 aromatic rings. The van der Waals surface area contributed by atoms with Gasteiger partial charge in [-0.1, -0.05) is 0 Å². The summed E-state index contributed by atoms with van der Waals surface area (Å²) < 4.78 is 6.60. The monoisotopic (exact) mass is 252 g/mol. The molecule has 0 unspecified atom stereocenters. The van der Waals surface area contributed by atoms with Gasteiger partial charge in [-0.25, -0.2) is 4.98 Å². The normalized spacial score (nSPS) is 20.2. The van der Waals surface area contributed by atoms with Crippen molar-refractivity contribution >= 4 is 5.95 Å². The second-order valence-corrected chi connectivity index (χ2v) is 4.73. The predicted octanol–water partition coefficient (Wildman–Crippen LogP) is -0.146. The Labute approximate surface area is 106 Å². The lowest BCUT2D eigenvalue weighted by Crippen LogP contribution is -2.45. The second-order valence-electron chi connectivity index (χ2n) is 4.73. The molecule has 1 aliphatic rings. The van der Waals surface area contributed by atoms with Crippen molar-refractivity contribution in [2.45, 2.75) is 25.5 Å². The van der Waals surface area contributed by atoms with Gasteiger partial charge >= 0.3 is 0 Å². The van der Waals surface area contributed by atoms with Gasteiger partial charge in [-0.15, -0.1) is 0 Å². The molecule has 6 nitrogen and oxygen atoms in total. The summed E-state index contributed by atoms with van der Waals surface area (Å²) in [6.07, 6.45) is 2.06. The summed E-state index contributed by atoms with van der Waals surface area (Å²) in [5, 5.41) is 0. The average Bonchev–Trinajstić information content (AvgIpc) is 2.34. The lowest BCUT2D eigenvalue weighted by atomic mass is 10.1. The van der Waals surface area contributed by atoms with Crippen molar-refractivity contribution in [3.63, 3.8) is 0 Å². The molecule has 1 saturated heterocycles. The molecule has 0 spiro atoms. The average molecular weight is 252 g/mol. The number of nitrogens with two attached hydrogens (primary N) is 1. The first-order chi connectivity index (χ1) is 8.61. The van der Waals surface area contributed by atoms with Crippen molar-refractivity contribution < 1.29 is 4.74 Å². The maximum absolute atomic E-state index is 11.9. The Morgan fingerprint density at radius 1 is 1.61 bits per heavy atom. The van der Waals surface area contributed by atoms with Gasteiger partial charge in [0.1, 0.15) is 0 Å². The molecule has 1 aromatic heterocycles. The summed E-state index contributed by atoms with van der Waals surface area (Å²) >= 11 is 0. The lowest BCUT2D eigenvalue weighted by Gasteiger charge is -2.32. The Hall–Kier alpha value is -1.40. The highest BCUT2D eigenvalue weighted by molar-refractivity contribution is 5.33. The molecule has 2 heterocycles. The van der Waals surface area contributed by atoms with E-state index in [1.807, 2.05) is 0 Å². The van der Waals surface area contributed by atoms with Crippen LogP contribution in [0.25, 0.3) is 0 Å². The van der Waals surface area contributed by atoms with E-state index in [2.05, 4.69) is 9.88 Å². The van der Waals surface area contributed by atoms with Gasteiger partial charge in [0.15, 0.2) is 0 Å². The molecule has 18 heavy (non-hydrogen) atoms. The van der Waals surface area contributed by atoms with Crippen molar-refractivity contribution in [3.8, 4) is 0 Å². The zero-order valence-corrected chi connectivity index (χ0v) is 10.9. The van der Waals surface area contributed by atoms with Crippen LogP contribution in [0.1, 0.15) is 18.5 Å². The van der Waals surface area contributed by atoms with Crippen LogP contribution in [0, 0.1) is 0 Å². The Kier molecular flexibility index (Phi) is 3.98. The molecule has 2 N–H and O–H groups in total. The van der Waals surface area contributed by atoms with E-state index in [0.717, 1.165) is 25.9 Å². The van der Waals surface area contributed by atoms with Crippen LogP contribution < -0.4 is 16.2 Å². The van der Waals surface area contributed by atoms with E-state index in [9.17, 15) is 4.79 Å². The summed E-state index contributed by atoms with van der Waals surface area (Å²) in [7, 11) is 3.33. The number of ether oxygens (including phenoxy) is 1. The summed E-state index contributed by atoms with van der Waals surface area (Å²) in [6.45, 7) is 1.99. The number of piperidine rings is 1. The maximum atomic E-state index is 11.9. The standard InChI is InChI=1S/C12H20N4O2/c1-15-11(17)6-10(8-18-2)14-12(15)16-5-3-4-9(13)7-16/h6,9H,3-5,7-8,13H2,1-2H3/t9-/m1/s1. The molecule has 1 atom stereocenters. The molecular weight excluding hydrogens is 232 g/mol. The van der Waals surface area contributed by atoms with Crippen molar-refractivity contribution in [2.24, 2.45) is 12.8 Å². The fraction of sp³-hybridized carbons (Fsp3) is 0.667. The van der Waals surface area contributed by atoms with E-state index < -0.39 is 0 Å². The van der Waals surface area contributed by atoms with Crippen molar-refractivity contribution in [2.75, 3.05) is 25.1 Å². The van der Waals surface area contributed by atoms with Crippen LogP contribution in [-0.4, -0.2) is 35.8 Å². The largest absolute Gasteiger partial charge is 0.378 e. The van der Waals surface area contributed by atoms with Crippen LogP contribution in [0.4, 0.5) is 5.95 Å². The number of nitrogens with zero attached hydrogens (tertiary/aromatic N) is 3. The molecule has 0 aromatic carbocycles. The first kappa shape index (κ1) is 13.0. The van der Waals surface area contributed by atoms with Gasteiger partial charge in [-0.05, 0) is 12.8 Å². The van der Waals surface area contributed by atoms with E-state index in [1.54, 1.807) is 18.7 Å². The minimum absolute atomic E-state index is 0.0637. The van der Waals surface area contributed by atoms with Crippen molar-refractivity contribution in [3.05, 3.63) is 22.1 Å². The summed E-state index contributed by atoms with van der Waals surface area (Å²) in [4.78, 5) is 18.4. The van der Waals surface area contributed by atoms with Gasteiger partial charge in [-0.2, -0.15) is 0 Å². The zero-order valence-electron chi connectivity index (χ0n) is 10.9.